The van der Waals surface area contributed by atoms with Crippen LogP contribution < -0.4 is 21.5 Å². The predicted molar refractivity (Wildman–Crippen MR) is 110 cm³/mol. The van der Waals surface area contributed by atoms with Gasteiger partial charge < -0.3 is 10.2 Å². The first-order chi connectivity index (χ1) is 14.0. The molecule has 1 saturated heterocycles. The van der Waals surface area contributed by atoms with Gasteiger partial charge in [0.05, 0.1) is 18.1 Å². The third-order valence-corrected chi connectivity index (χ3v) is 5.57. The number of hydrogen-bond acceptors (Lipinski definition) is 6. The lowest BCUT2D eigenvalue weighted by atomic mass is 10.0. The molecule has 3 heterocycles. The Morgan fingerprint density at radius 2 is 1.97 bits per heavy atom. The molecule has 1 aliphatic rings. The molecule has 1 aromatic carbocycles. The molecule has 0 saturated carbocycles. The van der Waals surface area contributed by atoms with Crippen molar-refractivity contribution in [1.82, 2.24) is 29.4 Å². The lowest BCUT2D eigenvalue weighted by molar-refractivity contribution is 0.479. The Balaban J connectivity index is 1.51. The summed E-state index contributed by atoms with van der Waals surface area (Å²) in [4.78, 5) is 26.4. The molecule has 1 unspecified atom stereocenters. The zero-order chi connectivity index (χ0) is 20.5. The highest BCUT2D eigenvalue weighted by atomic mass is 16.2. The fourth-order valence-corrected chi connectivity index (χ4v) is 3.97. The van der Waals surface area contributed by atoms with Gasteiger partial charge in [0.25, 0.3) is 5.56 Å². The van der Waals surface area contributed by atoms with Crippen LogP contribution in [0, 0.1) is 0 Å². The molecular weight excluding hydrogens is 370 g/mol. The molecule has 0 radical (unpaired) electrons. The van der Waals surface area contributed by atoms with Gasteiger partial charge in [0, 0.05) is 45.3 Å². The highest BCUT2D eigenvalue weighted by molar-refractivity contribution is 5.43. The molecule has 4 rings (SSSR count). The third-order valence-electron chi connectivity index (χ3n) is 5.57. The average Bonchev–Trinajstić information content (AvgIpc) is 3.41. The first kappa shape index (κ1) is 19.1. The summed E-state index contributed by atoms with van der Waals surface area (Å²) in [5.41, 5.74) is 1.54. The highest BCUT2D eigenvalue weighted by Crippen LogP contribution is 2.24. The molecule has 9 nitrogen and oxygen atoms in total. The zero-order valence-corrected chi connectivity index (χ0v) is 16.8. The predicted octanol–water partition coefficient (Wildman–Crippen LogP) is 0.594. The topological polar surface area (TPSA) is 90.0 Å². The number of nitrogens with one attached hydrogen (secondary N) is 1. The van der Waals surface area contributed by atoms with Crippen molar-refractivity contribution >= 4 is 5.82 Å². The van der Waals surface area contributed by atoms with Gasteiger partial charge in [-0.3, -0.25) is 13.9 Å². The van der Waals surface area contributed by atoms with E-state index in [2.05, 4.69) is 33.5 Å². The Kier molecular flexibility index (Phi) is 5.06. The Morgan fingerprint density at radius 3 is 2.72 bits per heavy atom. The fourth-order valence-electron chi connectivity index (χ4n) is 3.97. The zero-order valence-electron chi connectivity index (χ0n) is 16.8. The van der Waals surface area contributed by atoms with Crippen molar-refractivity contribution < 1.29 is 0 Å². The molecular formula is C20H25N7O2. The molecule has 9 heteroatoms. The van der Waals surface area contributed by atoms with E-state index in [1.165, 1.54) is 17.7 Å². The first-order valence-corrected chi connectivity index (χ1v) is 9.69. The number of para-hydroxylation sites is 1. The number of hydrogen-bond donors (Lipinski definition) is 1. The SMILES string of the molecule is CC(N[C@@H]1CCN(c2cc(=O)n(C)c(=O)n2C)C1)c1ccccc1-n1ccnn1. The van der Waals surface area contributed by atoms with Crippen LogP contribution in [0.1, 0.15) is 24.9 Å². The summed E-state index contributed by atoms with van der Waals surface area (Å²) >= 11 is 0. The lowest BCUT2D eigenvalue weighted by Gasteiger charge is -2.24. The highest BCUT2D eigenvalue weighted by Gasteiger charge is 2.27. The van der Waals surface area contributed by atoms with Crippen molar-refractivity contribution in [1.29, 1.82) is 0 Å². The number of anilines is 1. The fraction of sp³-hybridized carbons (Fsp3) is 0.400. The van der Waals surface area contributed by atoms with Gasteiger partial charge in [0.15, 0.2) is 0 Å². The molecule has 0 amide bonds. The maximum absolute atomic E-state index is 12.2. The Bertz CT molecular complexity index is 1120. The van der Waals surface area contributed by atoms with Gasteiger partial charge in [-0.15, -0.1) is 5.10 Å². The van der Waals surface area contributed by atoms with E-state index >= 15 is 0 Å². The van der Waals surface area contributed by atoms with Crippen molar-refractivity contribution in [2.45, 2.75) is 25.4 Å². The number of rotatable bonds is 5. The van der Waals surface area contributed by atoms with Crippen LogP contribution in [0.2, 0.25) is 0 Å². The summed E-state index contributed by atoms with van der Waals surface area (Å²) in [5, 5.41) is 11.7. The standard InChI is InChI=1S/C20H25N7O2/c1-14(16-6-4-5-7-17(16)27-11-9-21-23-27)22-15-8-10-26(13-15)18-12-19(28)25(3)20(29)24(18)2/h4-7,9,11-12,14-15,22H,8,10,13H2,1-3H3/t14?,15-/m1/s1. The number of nitrogens with zero attached hydrogens (tertiary/aromatic N) is 6. The molecule has 0 bridgehead atoms. The van der Waals surface area contributed by atoms with Crippen molar-refractivity contribution in [2.24, 2.45) is 14.1 Å². The van der Waals surface area contributed by atoms with Crippen LogP contribution in [0.3, 0.4) is 0 Å². The van der Waals surface area contributed by atoms with E-state index in [9.17, 15) is 9.59 Å². The summed E-state index contributed by atoms with van der Waals surface area (Å²) in [5.74, 6) is 0.665. The van der Waals surface area contributed by atoms with Crippen LogP contribution in [-0.2, 0) is 14.1 Å². The van der Waals surface area contributed by atoms with Gasteiger partial charge in [-0.05, 0) is 25.0 Å². The molecule has 3 aromatic rings. The second-order valence-corrected chi connectivity index (χ2v) is 7.47. The summed E-state index contributed by atoms with van der Waals surface area (Å²) < 4.78 is 4.43. The van der Waals surface area contributed by atoms with Gasteiger partial charge in [-0.25, -0.2) is 9.48 Å². The third kappa shape index (κ3) is 3.61. The van der Waals surface area contributed by atoms with Crippen LogP contribution in [0.5, 0.6) is 0 Å². The summed E-state index contributed by atoms with van der Waals surface area (Å²) in [6.07, 6.45) is 4.43. The Labute approximate surface area is 168 Å². The first-order valence-electron chi connectivity index (χ1n) is 9.69. The van der Waals surface area contributed by atoms with Gasteiger partial charge in [0.2, 0.25) is 0 Å². The van der Waals surface area contributed by atoms with E-state index in [4.69, 9.17) is 0 Å². The Morgan fingerprint density at radius 1 is 1.17 bits per heavy atom. The van der Waals surface area contributed by atoms with E-state index in [-0.39, 0.29) is 23.3 Å². The summed E-state index contributed by atoms with van der Waals surface area (Å²) in [6.45, 7) is 3.65. The molecule has 0 aliphatic carbocycles. The summed E-state index contributed by atoms with van der Waals surface area (Å²) in [6, 6.07) is 10.0. The minimum atomic E-state index is -0.306. The number of benzene rings is 1. The molecule has 2 atom stereocenters. The lowest BCUT2D eigenvalue weighted by Crippen LogP contribution is -2.41. The molecule has 2 aromatic heterocycles. The van der Waals surface area contributed by atoms with Crippen molar-refractivity contribution in [3.05, 3.63) is 69.1 Å². The second-order valence-electron chi connectivity index (χ2n) is 7.47. The normalized spacial score (nSPS) is 17.6. The summed E-state index contributed by atoms with van der Waals surface area (Å²) in [7, 11) is 3.20. The van der Waals surface area contributed by atoms with Gasteiger partial charge >= 0.3 is 5.69 Å². The van der Waals surface area contributed by atoms with Crippen molar-refractivity contribution in [2.75, 3.05) is 18.0 Å². The van der Waals surface area contributed by atoms with E-state index in [0.29, 0.717) is 5.82 Å². The number of aromatic nitrogens is 5. The molecule has 152 valence electrons. The molecule has 0 spiro atoms. The van der Waals surface area contributed by atoms with Crippen LogP contribution >= 0.6 is 0 Å². The van der Waals surface area contributed by atoms with E-state index in [1.54, 1.807) is 17.9 Å². The van der Waals surface area contributed by atoms with Gasteiger partial charge in [-0.2, -0.15) is 0 Å². The quantitative estimate of drug-likeness (QED) is 0.680. The van der Waals surface area contributed by atoms with E-state index < -0.39 is 0 Å². The maximum atomic E-state index is 12.2. The van der Waals surface area contributed by atoms with Crippen LogP contribution in [-0.4, -0.2) is 43.3 Å². The van der Waals surface area contributed by atoms with Crippen LogP contribution in [0.4, 0.5) is 5.82 Å². The molecule has 1 aliphatic heterocycles. The van der Waals surface area contributed by atoms with Crippen molar-refractivity contribution in [3.63, 3.8) is 0 Å². The second kappa shape index (κ2) is 7.67. The van der Waals surface area contributed by atoms with Gasteiger partial charge in [0.1, 0.15) is 5.82 Å². The van der Waals surface area contributed by atoms with Crippen molar-refractivity contribution in [3.8, 4) is 5.69 Å². The maximum Gasteiger partial charge on any atom is 0.332 e. The van der Waals surface area contributed by atoms with Crippen LogP contribution in [0.25, 0.3) is 5.69 Å². The minimum Gasteiger partial charge on any atom is -0.356 e. The monoisotopic (exact) mass is 395 g/mol. The Hall–Kier alpha value is -3.20. The molecule has 29 heavy (non-hydrogen) atoms. The largest absolute Gasteiger partial charge is 0.356 e. The average molecular weight is 395 g/mol. The van der Waals surface area contributed by atoms with E-state index in [0.717, 1.165) is 35.3 Å². The van der Waals surface area contributed by atoms with E-state index in [1.807, 2.05) is 24.4 Å². The smallest absolute Gasteiger partial charge is 0.332 e. The molecule has 1 fully saturated rings. The molecule has 1 N–H and O–H groups in total. The minimum absolute atomic E-state index is 0.104. The van der Waals surface area contributed by atoms with Crippen LogP contribution in [0.15, 0.2) is 52.3 Å². The van der Waals surface area contributed by atoms with Gasteiger partial charge in [-0.1, -0.05) is 23.4 Å².